The summed E-state index contributed by atoms with van der Waals surface area (Å²) in [4.78, 5) is 37.6. The first kappa shape index (κ1) is 54.6. The molecule has 0 N–H and O–H groups in total. The number of rotatable bonds is 41. The molecule has 58 heavy (non-hydrogen) atoms. The maximum Gasteiger partial charge on any atom is 0.306 e. The Morgan fingerprint density at radius 3 is 1.16 bits per heavy atom. The smallest absolute Gasteiger partial charge is 0.306 e. The van der Waals surface area contributed by atoms with Crippen LogP contribution in [0.5, 0.6) is 0 Å². The van der Waals surface area contributed by atoms with Crippen molar-refractivity contribution in [3.63, 3.8) is 0 Å². The van der Waals surface area contributed by atoms with Crippen molar-refractivity contribution in [2.24, 2.45) is 0 Å². The molecule has 0 spiro atoms. The molecule has 0 amide bonds. The minimum Gasteiger partial charge on any atom is -0.462 e. The van der Waals surface area contributed by atoms with Gasteiger partial charge in [0.05, 0.1) is 0 Å². The van der Waals surface area contributed by atoms with Gasteiger partial charge in [-0.3, -0.25) is 14.4 Å². The van der Waals surface area contributed by atoms with E-state index in [1.807, 2.05) is 0 Å². The second-order valence-electron chi connectivity index (χ2n) is 15.3. The fourth-order valence-electron chi connectivity index (χ4n) is 6.09. The monoisotopic (exact) mass is 807 g/mol. The quantitative estimate of drug-likeness (QED) is 0.0265. The zero-order valence-electron chi connectivity index (χ0n) is 37.5. The Balaban J connectivity index is 4.38. The normalized spacial score (nSPS) is 12.8. The summed E-state index contributed by atoms with van der Waals surface area (Å²) in [5.74, 6) is -0.983. The molecule has 0 aliphatic rings. The molecule has 0 saturated carbocycles. The van der Waals surface area contributed by atoms with Crippen molar-refractivity contribution in [1.29, 1.82) is 0 Å². The summed E-state index contributed by atoms with van der Waals surface area (Å²) >= 11 is 0. The molecule has 0 aliphatic heterocycles. The van der Waals surface area contributed by atoms with Crippen LogP contribution in [0.4, 0.5) is 0 Å². The Labute approximate surface area is 356 Å². The van der Waals surface area contributed by atoms with Gasteiger partial charge in [-0.05, 0) is 89.9 Å². The van der Waals surface area contributed by atoms with Crippen molar-refractivity contribution >= 4 is 17.9 Å². The minimum absolute atomic E-state index is 0.0986. The summed E-state index contributed by atoms with van der Waals surface area (Å²) in [6.45, 7) is 6.36. The van der Waals surface area contributed by atoms with E-state index in [0.29, 0.717) is 19.3 Å². The topological polar surface area (TPSA) is 78.9 Å². The highest BCUT2D eigenvalue weighted by Crippen LogP contribution is 2.13. The van der Waals surface area contributed by atoms with Crippen molar-refractivity contribution in [3.8, 4) is 0 Å². The molecule has 0 aromatic rings. The third-order valence-electron chi connectivity index (χ3n) is 9.63. The van der Waals surface area contributed by atoms with Crippen molar-refractivity contribution in [2.75, 3.05) is 13.2 Å². The summed E-state index contributed by atoms with van der Waals surface area (Å²) in [7, 11) is 0. The molecule has 0 aromatic heterocycles. The predicted octanol–water partition coefficient (Wildman–Crippen LogP) is 15.3. The fraction of sp³-hybridized carbons (Fsp3) is 0.673. The molecule has 0 rings (SSSR count). The number of unbranched alkanes of at least 4 members (excludes halogenated alkanes) is 16. The first-order chi connectivity index (χ1) is 28.5. The van der Waals surface area contributed by atoms with Crippen LogP contribution in [-0.4, -0.2) is 37.2 Å². The van der Waals surface area contributed by atoms with E-state index in [9.17, 15) is 14.4 Å². The van der Waals surface area contributed by atoms with Gasteiger partial charge in [0.15, 0.2) is 6.10 Å². The lowest BCUT2D eigenvalue weighted by molar-refractivity contribution is -0.167. The van der Waals surface area contributed by atoms with Crippen molar-refractivity contribution in [3.05, 3.63) is 85.1 Å². The maximum absolute atomic E-state index is 12.7. The first-order valence-electron chi connectivity index (χ1n) is 23.6. The van der Waals surface area contributed by atoms with Crippen LogP contribution in [0.2, 0.25) is 0 Å². The molecule has 0 aromatic carbocycles. The number of allylic oxidation sites excluding steroid dienone is 14. The lowest BCUT2D eigenvalue weighted by Crippen LogP contribution is -2.30. The number of ether oxygens (including phenoxy) is 3. The van der Waals surface area contributed by atoms with Gasteiger partial charge in [0, 0.05) is 19.3 Å². The van der Waals surface area contributed by atoms with Gasteiger partial charge < -0.3 is 14.2 Å². The van der Waals surface area contributed by atoms with Crippen molar-refractivity contribution in [2.45, 2.75) is 213 Å². The maximum atomic E-state index is 12.7. The second-order valence-corrected chi connectivity index (χ2v) is 15.3. The van der Waals surface area contributed by atoms with E-state index in [2.05, 4.69) is 106 Å². The highest BCUT2D eigenvalue weighted by molar-refractivity contribution is 5.71. The highest BCUT2D eigenvalue weighted by Gasteiger charge is 2.19. The third-order valence-corrected chi connectivity index (χ3v) is 9.63. The van der Waals surface area contributed by atoms with Crippen LogP contribution < -0.4 is 0 Å². The summed E-state index contributed by atoms with van der Waals surface area (Å²) in [5.41, 5.74) is 0. The highest BCUT2D eigenvalue weighted by atomic mass is 16.6. The Morgan fingerprint density at radius 1 is 0.362 bits per heavy atom. The summed E-state index contributed by atoms with van der Waals surface area (Å²) in [6.07, 6.45) is 58.7. The number of hydrogen-bond donors (Lipinski definition) is 0. The Hall–Kier alpha value is -3.41. The third kappa shape index (κ3) is 43.7. The average Bonchev–Trinajstić information content (AvgIpc) is 3.22. The van der Waals surface area contributed by atoms with Crippen molar-refractivity contribution < 1.29 is 28.6 Å². The second kappa shape index (κ2) is 46.3. The van der Waals surface area contributed by atoms with Gasteiger partial charge in [-0.15, -0.1) is 0 Å². The molecule has 0 saturated heterocycles. The van der Waals surface area contributed by atoms with E-state index in [-0.39, 0.29) is 37.5 Å². The van der Waals surface area contributed by atoms with E-state index in [0.717, 1.165) is 89.9 Å². The SMILES string of the molecule is CC/C=C\C/C=C\C/C=C\C/C=C\C/C=C\CCCC(=O)OCC(COC(=O)CCCCCCCC)OC(=O)CCCCCCCCC/C=C\C/C=C\CCCCC. The van der Waals surface area contributed by atoms with E-state index in [4.69, 9.17) is 14.2 Å². The molecule has 0 radical (unpaired) electrons. The number of esters is 3. The molecule has 0 fully saturated rings. The standard InChI is InChI=1S/C52H86O6/c1-4-7-10-13-16-18-20-22-24-26-28-30-32-34-36-39-42-45-51(54)57-48-49(47-56-50(53)44-41-38-15-12-9-6-3)58-52(55)46-43-40-37-35-33-31-29-27-25-23-21-19-17-14-11-8-5-2/h7,10,16-19,22-25,28,30,34,36,49H,4-6,8-9,11-15,20-21,26-27,29,31-33,35,37-48H2,1-3H3/b10-7-,18-16-,19-17-,24-22-,25-23-,30-28-,36-34-. The van der Waals surface area contributed by atoms with Gasteiger partial charge in [-0.25, -0.2) is 0 Å². The molecular weight excluding hydrogens is 721 g/mol. The van der Waals surface area contributed by atoms with E-state index in [1.54, 1.807) is 0 Å². The van der Waals surface area contributed by atoms with E-state index >= 15 is 0 Å². The Morgan fingerprint density at radius 2 is 0.690 bits per heavy atom. The molecule has 0 heterocycles. The Kier molecular flexibility index (Phi) is 43.6. The minimum atomic E-state index is -0.799. The van der Waals surface area contributed by atoms with Crippen molar-refractivity contribution in [1.82, 2.24) is 0 Å². The lowest BCUT2D eigenvalue weighted by atomic mass is 10.1. The molecule has 0 aliphatic carbocycles. The van der Waals surface area contributed by atoms with Crippen LogP contribution in [0, 0.1) is 0 Å². The fourth-order valence-corrected chi connectivity index (χ4v) is 6.09. The molecule has 330 valence electrons. The molecule has 1 unspecified atom stereocenters. The molecule has 6 heteroatoms. The number of hydrogen-bond acceptors (Lipinski definition) is 6. The van der Waals surface area contributed by atoms with Crippen LogP contribution in [-0.2, 0) is 28.6 Å². The van der Waals surface area contributed by atoms with Crippen LogP contribution >= 0.6 is 0 Å². The van der Waals surface area contributed by atoms with Gasteiger partial charge in [0.25, 0.3) is 0 Å². The van der Waals surface area contributed by atoms with Crippen LogP contribution in [0.1, 0.15) is 207 Å². The predicted molar refractivity (Wildman–Crippen MR) is 247 cm³/mol. The first-order valence-corrected chi connectivity index (χ1v) is 23.6. The van der Waals surface area contributed by atoms with Gasteiger partial charge in [0.1, 0.15) is 13.2 Å². The molecule has 6 nitrogen and oxygen atoms in total. The molecule has 1 atom stereocenters. The average molecular weight is 807 g/mol. The zero-order chi connectivity index (χ0) is 42.3. The number of carbonyl (C=O) groups excluding carboxylic acids is 3. The molecule has 0 bridgehead atoms. The summed E-state index contributed by atoms with van der Waals surface area (Å²) in [6, 6.07) is 0. The van der Waals surface area contributed by atoms with E-state index in [1.165, 1.54) is 70.6 Å². The van der Waals surface area contributed by atoms with E-state index < -0.39 is 6.10 Å². The van der Waals surface area contributed by atoms with Crippen LogP contribution in [0.25, 0.3) is 0 Å². The van der Waals surface area contributed by atoms with Gasteiger partial charge in [-0.2, -0.15) is 0 Å². The number of carbonyl (C=O) groups is 3. The van der Waals surface area contributed by atoms with Crippen LogP contribution in [0.3, 0.4) is 0 Å². The lowest BCUT2D eigenvalue weighted by Gasteiger charge is -2.18. The van der Waals surface area contributed by atoms with Gasteiger partial charge in [0.2, 0.25) is 0 Å². The largest absolute Gasteiger partial charge is 0.462 e. The van der Waals surface area contributed by atoms with Crippen LogP contribution in [0.15, 0.2) is 85.1 Å². The zero-order valence-corrected chi connectivity index (χ0v) is 37.5. The van der Waals surface area contributed by atoms with Gasteiger partial charge >= 0.3 is 17.9 Å². The summed E-state index contributed by atoms with van der Waals surface area (Å²) in [5, 5.41) is 0. The summed E-state index contributed by atoms with van der Waals surface area (Å²) < 4.78 is 16.6. The van der Waals surface area contributed by atoms with Gasteiger partial charge in [-0.1, -0.05) is 183 Å². The Bertz CT molecular complexity index is 1160. The molecular formula is C52H86O6.